The molecule has 1 aromatic carbocycles. The summed E-state index contributed by atoms with van der Waals surface area (Å²) in [6.45, 7) is -0.991. The minimum Gasteiger partial charge on any atom is -0.343 e. The number of carbonyl (C=O) groups excluding carboxylic acids is 2. The molecule has 0 spiro atoms. The van der Waals surface area contributed by atoms with E-state index in [4.69, 9.17) is 16.9 Å². The van der Waals surface area contributed by atoms with Gasteiger partial charge in [0.15, 0.2) is 0 Å². The van der Waals surface area contributed by atoms with E-state index < -0.39 is 43.3 Å². The molecule has 1 atom stereocenters. The maximum absolute atomic E-state index is 13.5. The molecule has 0 saturated carbocycles. The van der Waals surface area contributed by atoms with Crippen molar-refractivity contribution in [2.24, 2.45) is 0 Å². The van der Waals surface area contributed by atoms with Crippen molar-refractivity contribution in [2.75, 3.05) is 13.1 Å². The molecule has 1 aromatic heterocycles. The van der Waals surface area contributed by atoms with Gasteiger partial charge < -0.3 is 10.2 Å². The van der Waals surface area contributed by atoms with Crippen LogP contribution in [0.4, 0.5) is 8.78 Å². The molecule has 12 heteroatoms. The highest BCUT2D eigenvalue weighted by Crippen LogP contribution is 2.31. The maximum atomic E-state index is 13.5. The van der Waals surface area contributed by atoms with Crippen molar-refractivity contribution >= 4 is 55.3 Å². The molecular formula is C18H14Br2ClF2N5O2. The lowest BCUT2D eigenvalue weighted by Crippen LogP contribution is -2.42. The van der Waals surface area contributed by atoms with E-state index in [1.807, 2.05) is 6.07 Å². The van der Waals surface area contributed by atoms with Gasteiger partial charge in [0.25, 0.3) is 11.8 Å². The van der Waals surface area contributed by atoms with Crippen LogP contribution in [-0.2, 0) is 11.3 Å². The van der Waals surface area contributed by atoms with Gasteiger partial charge >= 0.3 is 0 Å². The largest absolute Gasteiger partial charge is 0.343 e. The molecule has 0 aliphatic carbocycles. The van der Waals surface area contributed by atoms with Gasteiger partial charge in [-0.15, -0.1) is 0 Å². The zero-order valence-corrected chi connectivity index (χ0v) is 19.1. The van der Waals surface area contributed by atoms with Crippen LogP contribution in [0.25, 0.3) is 0 Å². The molecule has 2 heterocycles. The number of rotatable bonds is 5. The van der Waals surface area contributed by atoms with Crippen molar-refractivity contribution in [3.05, 3.63) is 49.6 Å². The molecule has 158 valence electrons. The molecular weight excluding hydrogens is 551 g/mol. The van der Waals surface area contributed by atoms with Crippen LogP contribution in [0.2, 0.25) is 5.02 Å². The first-order chi connectivity index (χ1) is 14.1. The smallest absolute Gasteiger partial charge is 0.268 e. The number of nitriles is 1. The summed E-state index contributed by atoms with van der Waals surface area (Å²) in [5.41, 5.74) is 1.03. The highest BCUT2D eigenvalue weighted by molar-refractivity contribution is 9.10. The zero-order valence-electron chi connectivity index (χ0n) is 15.2. The molecule has 7 nitrogen and oxygen atoms in total. The van der Waals surface area contributed by atoms with E-state index in [1.165, 1.54) is 10.9 Å². The zero-order chi connectivity index (χ0) is 22.1. The van der Waals surface area contributed by atoms with Crippen molar-refractivity contribution in [3.8, 4) is 6.07 Å². The third-order valence-electron chi connectivity index (χ3n) is 4.43. The Balaban J connectivity index is 1.63. The van der Waals surface area contributed by atoms with E-state index in [2.05, 4.69) is 42.3 Å². The van der Waals surface area contributed by atoms with Gasteiger partial charge in [0.05, 0.1) is 36.3 Å². The van der Waals surface area contributed by atoms with E-state index in [0.717, 1.165) is 14.9 Å². The maximum Gasteiger partial charge on any atom is 0.268 e. The fourth-order valence-electron chi connectivity index (χ4n) is 3.00. The van der Waals surface area contributed by atoms with Crippen LogP contribution in [0.5, 0.6) is 0 Å². The minimum absolute atomic E-state index is 0.176. The SMILES string of the molecule is N#C[C@@H]1CC(F)(F)CN1C(=O)CNC(=O)c1cn(Cc2ccc(Br)c(Cl)c2)nc1Br. The third kappa shape index (κ3) is 5.17. The molecule has 0 unspecified atom stereocenters. The van der Waals surface area contributed by atoms with E-state index in [-0.39, 0.29) is 10.2 Å². The first kappa shape index (κ1) is 22.7. The van der Waals surface area contributed by atoms with Crippen LogP contribution in [0, 0.1) is 11.3 Å². The molecule has 1 saturated heterocycles. The number of hydrogen-bond donors (Lipinski definition) is 1. The number of hydrogen-bond acceptors (Lipinski definition) is 4. The van der Waals surface area contributed by atoms with Crippen LogP contribution in [0.3, 0.4) is 0 Å². The van der Waals surface area contributed by atoms with Crippen molar-refractivity contribution in [1.29, 1.82) is 5.26 Å². The summed E-state index contributed by atoms with van der Waals surface area (Å²) >= 11 is 12.6. The molecule has 3 rings (SSSR count). The van der Waals surface area contributed by atoms with E-state index in [9.17, 15) is 18.4 Å². The van der Waals surface area contributed by atoms with Gasteiger partial charge in [-0.1, -0.05) is 17.7 Å². The Morgan fingerprint density at radius 3 is 2.80 bits per heavy atom. The minimum atomic E-state index is -3.11. The quantitative estimate of drug-likeness (QED) is 0.600. The lowest BCUT2D eigenvalue weighted by molar-refractivity contribution is -0.131. The van der Waals surface area contributed by atoms with Gasteiger partial charge in [-0.25, -0.2) is 8.78 Å². The summed E-state index contributed by atoms with van der Waals surface area (Å²) in [5, 5.41) is 16.1. The van der Waals surface area contributed by atoms with Gasteiger partial charge in [-0.05, 0) is 49.6 Å². The van der Waals surface area contributed by atoms with Gasteiger partial charge in [0, 0.05) is 17.1 Å². The number of nitrogens with zero attached hydrogens (tertiary/aromatic N) is 4. The summed E-state index contributed by atoms with van der Waals surface area (Å²) in [5.74, 6) is -4.46. The van der Waals surface area contributed by atoms with Crippen molar-refractivity contribution in [3.63, 3.8) is 0 Å². The average Bonchev–Trinajstić information content (AvgIpc) is 3.21. The average molecular weight is 566 g/mol. The Bertz CT molecular complexity index is 1040. The number of carbonyl (C=O) groups is 2. The Labute approximate surface area is 192 Å². The van der Waals surface area contributed by atoms with Gasteiger partial charge in [0.2, 0.25) is 5.91 Å². The highest BCUT2D eigenvalue weighted by Gasteiger charge is 2.47. The summed E-state index contributed by atoms with van der Waals surface area (Å²) in [6, 6.07) is 5.89. The Morgan fingerprint density at radius 1 is 1.40 bits per heavy atom. The fourth-order valence-corrected chi connectivity index (χ4v) is 3.94. The lowest BCUT2D eigenvalue weighted by atomic mass is 10.2. The van der Waals surface area contributed by atoms with Crippen molar-refractivity contribution in [2.45, 2.75) is 24.9 Å². The number of amides is 2. The van der Waals surface area contributed by atoms with Crippen LogP contribution in [-0.4, -0.2) is 51.5 Å². The summed E-state index contributed by atoms with van der Waals surface area (Å²) in [7, 11) is 0. The Morgan fingerprint density at radius 2 is 2.13 bits per heavy atom. The monoisotopic (exact) mass is 563 g/mol. The number of nitrogens with one attached hydrogen (secondary N) is 1. The van der Waals surface area contributed by atoms with E-state index >= 15 is 0 Å². The molecule has 2 aromatic rings. The summed E-state index contributed by atoms with van der Waals surface area (Å²) in [6.07, 6.45) is 0.781. The molecule has 30 heavy (non-hydrogen) atoms. The van der Waals surface area contributed by atoms with Crippen molar-refractivity contribution < 1.29 is 18.4 Å². The standard InChI is InChI=1S/C18H14Br2ClF2N5O2/c19-13-2-1-10(3-14(13)21)7-27-8-12(16(20)26-27)17(30)25-6-15(29)28-9-18(22,23)4-11(28)5-24/h1-3,8,11H,4,6-7,9H2,(H,25,30)/t11-/m0/s1. The summed E-state index contributed by atoms with van der Waals surface area (Å²) < 4.78 is 29.5. The number of likely N-dealkylation sites (tertiary alicyclic amines) is 1. The van der Waals surface area contributed by atoms with Crippen LogP contribution in [0.1, 0.15) is 22.3 Å². The second kappa shape index (κ2) is 8.99. The molecule has 2 amide bonds. The molecule has 1 N–H and O–H groups in total. The summed E-state index contributed by atoms with van der Waals surface area (Å²) in [4.78, 5) is 25.4. The molecule has 1 aliphatic heterocycles. The first-order valence-corrected chi connectivity index (χ1v) is 10.6. The Kier molecular flexibility index (Phi) is 6.79. The normalized spacial score (nSPS) is 17.6. The van der Waals surface area contributed by atoms with Gasteiger partial charge in [-0.3, -0.25) is 14.3 Å². The number of aromatic nitrogens is 2. The number of halogens is 5. The predicted octanol–water partition coefficient (Wildman–Crippen LogP) is 3.60. The third-order valence-corrected chi connectivity index (χ3v) is 6.25. The second-order valence-corrected chi connectivity index (χ2v) is 8.70. The number of benzene rings is 1. The predicted molar refractivity (Wildman–Crippen MR) is 111 cm³/mol. The highest BCUT2D eigenvalue weighted by atomic mass is 79.9. The molecule has 0 bridgehead atoms. The molecule has 0 radical (unpaired) electrons. The van der Waals surface area contributed by atoms with Gasteiger partial charge in [-0.2, -0.15) is 10.4 Å². The van der Waals surface area contributed by atoms with E-state index in [1.54, 1.807) is 18.2 Å². The fraction of sp³-hybridized carbons (Fsp3) is 0.333. The van der Waals surface area contributed by atoms with Crippen LogP contribution >= 0.6 is 43.5 Å². The first-order valence-electron chi connectivity index (χ1n) is 8.61. The Hall–Kier alpha value is -2.03. The van der Waals surface area contributed by atoms with Crippen LogP contribution < -0.4 is 5.32 Å². The second-order valence-electron chi connectivity index (χ2n) is 6.69. The van der Waals surface area contributed by atoms with Gasteiger partial charge in [0.1, 0.15) is 10.6 Å². The molecule has 1 fully saturated rings. The van der Waals surface area contributed by atoms with Crippen LogP contribution in [0.15, 0.2) is 33.5 Å². The van der Waals surface area contributed by atoms with Crippen molar-refractivity contribution in [1.82, 2.24) is 20.0 Å². The number of alkyl halides is 2. The molecule has 1 aliphatic rings. The van der Waals surface area contributed by atoms with E-state index in [0.29, 0.717) is 11.6 Å². The topological polar surface area (TPSA) is 91.0 Å². The lowest BCUT2D eigenvalue weighted by Gasteiger charge is -2.19.